The fraction of sp³-hybridized carbons (Fsp3) is 1.00. The Balaban J connectivity index is 2.25. The van der Waals surface area contributed by atoms with Crippen LogP contribution in [0.25, 0.3) is 0 Å². The predicted octanol–water partition coefficient (Wildman–Crippen LogP) is 0.579. The van der Waals surface area contributed by atoms with E-state index in [-0.39, 0.29) is 0 Å². The lowest BCUT2D eigenvalue weighted by molar-refractivity contribution is 0.104. The molecule has 0 aromatic rings. The molecule has 2 unspecified atom stereocenters. The minimum Gasteiger partial charge on any atom is -0.380 e. The Kier molecular flexibility index (Phi) is 6.96. The zero-order chi connectivity index (χ0) is 11.8. The summed E-state index contributed by atoms with van der Waals surface area (Å²) >= 11 is 0. The SMILES string of the molecule is CCOCCN(CC)CC1COCC1NC. The van der Waals surface area contributed by atoms with E-state index in [1.165, 1.54) is 0 Å². The van der Waals surface area contributed by atoms with E-state index in [0.717, 1.165) is 46.1 Å². The van der Waals surface area contributed by atoms with Crippen molar-refractivity contribution < 1.29 is 9.47 Å². The van der Waals surface area contributed by atoms with Crippen LogP contribution in [-0.2, 0) is 9.47 Å². The first-order valence-electron chi connectivity index (χ1n) is 6.36. The molecule has 1 rings (SSSR count). The van der Waals surface area contributed by atoms with Crippen LogP contribution in [0.5, 0.6) is 0 Å². The number of rotatable bonds is 8. The summed E-state index contributed by atoms with van der Waals surface area (Å²) in [5.41, 5.74) is 0. The smallest absolute Gasteiger partial charge is 0.0623 e. The average molecular weight is 230 g/mol. The van der Waals surface area contributed by atoms with Crippen LogP contribution >= 0.6 is 0 Å². The molecule has 96 valence electrons. The van der Waals surface area contributed by atoms with Crippen molar-refractivity contribution in [2.75, 3.05) is 53.1 Å². The standard InChI is InChI=1S/C12H26N2O2/c1-4-14(6-7-15-5-2)8-11-9-16-10-12(11)13-3/h11-13H,4-10H2,1-3H3. The van der Waals surface area contributed by atoms with Gasteiger partial charge in [-0.3, -0.25) is 0 Å². The van der Waals surface area contributed by atoms with E-state index in [4.69, 9.17) is 9.47 Å². The van der Waals surface area contributed by atoms with Crippen molar-refractivity contribution in [3.8, 4) is 0 Å². The molecule has 1 aliphatic heterocycles. The minimum absolute atomic E-state index is 0.515. The van der Waals surface area contributed by atoms with E-state index in [2.05, 4.69) is 17.1 Å². The van der Waals surface area contributed by atoms with E-state index in [1.807, 2.05) is 14.0 Å². The highest BCUT2D eigenvalue weighted by Crippen LogP contribution is 2.14. The van der Waals surface area contributed by atoms with Gasteiger partial charge in [-0.25, -0.2) is 0 Å². The van der Waals surface area contributed by atoms with Gasteiger partial charge < -0.3 is 19.7 Å². The summed E-state index contributed by atoms with van der Waals surface area (Å²) in [4.78, 5) is 2.44. The molecule has 4 nitrogen and oxygen atoms in total. The Morgan fingerprint density at radius 3 is 2.81 bits per heavy atom. The molecule has 0 amide bonds. The molecule has 0 radical (unpaired) electrons. The monoisotopic (exact) mass is 230 g/mol. The Bertz CT molecular complexity index is 178. The van der Waals surface area contributed by atoms with Crippen LogP contribution in [0.15, 0.2) is 0 Å². The van der Waals surface area contributed by atoms with Crippen LogP contribution in [0.1, 0.15) is 13.8 Å². The van der Waals surface area contributed by atoms with Gasteiger partial charge in [0.2, 0.25) is 0 Å². The van der Waals surface area contributed by atoms with E-state index in [0.29, 0.717) is 12.0 Å². The number of hydrogen-bond donors (Lipinski definition) is 1. The minimum atomic E-state index is 0.515. The maximum Gasteiger partial charge on any atom is 0.0623 e. The van der Waals surface area contributed by atoms with Crippen molar-refractivity contribution in [1.82, 2.24) is 10.2 Å². The predicted molar refractivity (Wildman–Crippen MR) is 65.8 cm³/mol. The summed E-state index contributed by atoms with van der Waals surface area (Å²) in [5, 5.41) is 3.33. The van der Waals surface area contributed by atoms with Gasteiger partial charge >= 0.3 is 0 Å². The first-order valence-corrected chi connectivity index (χ1v) is 6.36. The molecule has 0 saturated carbocycles. The highest BCUT2D eigenvalue weighted by molar-refractivity contribution is 4.82. The molecule has 1 N–H and O–H groups in total. The van der Waals surface area contributed by atoms with Crippen molar-refractivity contribution >= 4 is 0 Å². The lowest BCUT2D eigenvalue weighted by Crippen LogP contribution is -2.41. The van der Waals surface area contributed by atoms with Crippen molar-refractivity contribution in [2.45, 2.75) is 19.9 Å². The van der Waals surface area contributed by atoms with Crippen LogP contribution in [-0.4, -0.2) is 64.1 Å². The summed E-state index contributed by atoms with van der Waals surface area (Å²) in [5.74, 6) is 0.617. The van der Waals surface area contributed by atoms with Crippen LogP contribution in [0.2, 0.25) is 0 Å². The lowest BCUT2D eigenvalue weighted by Gasteiger charge is -2.26. The molecule has 1 fully saturated rings. The van der Waals surface area contributed by atoms with Gasteiger partial charge in [0.15, 0.2) is 0 Å². The highest BCUT2D eigenvalue weighted by Gasteiger charge is 2.27. The lowest BCUT2D eigenvalue weighted by atomic mass is 10.0. The Morgan fingerprint density at radius 1 is 1.38 bits per heavy atom. The molecule has 1 heterocycles. The number of ether oxygens (including phenoxy) is 2. The number of nitrogens with zero attached hydrogens (tertiary/aromatic N) is 1. The molecule has 16 heavy (non-hydrogen) atoms. The zero-order valence-corrected chi connectivity index (χ0v) is 10.9. The van der Waals surface area contributed by atoms with Crippen LogP contribution in [0, 0.1) is 5.92 Å². The number of hydrogen-bond acceptors (Lipinski definition) is 4. The molecule has 2 atom stereocenters. The number of nitrogens with one attached hydrogen (secondary N) is 1. The maximum absolute atomic E-state index is 5.51. The van der Waals surface area contributed by atoms with Crippen LogP contribution < -0.4 is 5.32 Å². The van der Waals surface area contributed by atoms with Gasteiger partial charge in [-0.15, -0.1) is 0 Å². The maximum atomic E-state index is 5.51. The summed E-state index contributed by atoms with van der Waals surface area (Å²) < 4.78 is 10.9. The van der Waals surface area contributed by atoms with E-state index < -0.39 is 0 Å². The van der Waals surface area contributed by atoms with Gasteiger partial charge in [-0.2, -0.15) is 0 Å². The summed E-state index contributed by atoms with van der Waals surface area (Å²) in [6.07, 6.45) is 0. The molecule has 0 spiro atoms. The Hall–Kier alpha value is -0.160. The zero-order valence-electron chi connectivity index (χ0n) is 10.9. The van der Waals surface area contributed by atoms with E-state index in [1.54, 1.807) is 0 Å². The average Bonchev–Trinajstić information content (AvgIpc) is 2.75. The fourth-order valence-corrected chi connectivity index (χ4v) is 2.15. The second-order valence-electron chi connectivity index (χ2n) is 4.28. The summed E-state index contributed by atoms with van der Waals surface area (Å²) in [6, 6.07) is 0.515. The highest BCUT2D eigenvalue weighted by atomic mass is 16.5. The first-order chi connectivity index (χ1) is 7.81. The van der Waals surface area contributed by atoms with Crippen molar-refractivity contribution in [1.29, 1.82) is 0 Å². The fourth-order valence-electron chi connectivity index (χ4n) is 2.15. The third-order valence-corrected chi connectivity index (χ3v) is 3.27. The van der Waals surface area contributed by atoms with Gasteiger partial charge in [0.05, 0.1) is 19.8 Å². The second kappa shape index (κ2) is 8.01. The summed E-state index contributed by atoms with van der Waals surface area (Å²) in [7, 11) is 2.02. The van der Waals surface area contributed by atoms with E-state index in [9.17, 15) is 0 Å². The van der Waals surface area contributed by atoms with Crippen molar-refractivity contribution in [3.63, 3.8) is 0 Å². The molecule has 0 aromatic heterocycles. The molecule has 0 aliphatic carbocycles. The quantitative estimate of drug-likeness (QED) is 0.619. The molecule has 0 aromatic carbocycles. The molecular formula is C12H26N2O2. The first kappa shape index (κ1) is 13.9. The number of likely N-dealkylation sites (N-methyl/N-ethyl adjacent to an activating group) is 2. The second-order valence-corrected chi connectivity index (χ2v) is 4.28. The van der Waals surface area contributed by atoms with Gasteiger partial charge in [-0.05, 0) is 20.5 Å². The van der Waals surface area contributed by atoms with Crippen LogP contribution in [0.3, 0.4) is 0 Å². The molecule has 1 aliphatic rings. The van der Waals surface area contributed by atoms with Gasteiger partial charge in [0.1, 0.15) is 0 Å². The van der Waals surface area contributed by atoms with Gasteiger partial charge in [-0.1, -0.05) is 6.92 Å². The largest absolute Gasteiger partial charge is 0.380 e. The van der Waals surface area contributed by atoms with Crippen molar-refractivity contribution in [3.05, 3.63) is 0 Å². The molecular weight excluding hydrogens is 204 g/mol. The Morgan fingerprint density at radius 2 is 2.19 bits per heavy atom. The third-order valence-electron chi connectivity index (χ3n) is 3.27. The molecule has 0 bridgehead atoms. The molecule has 1 saturated heterocycles. The van der Waals surface area contributed by atoms with Gasteiger partial charge in [0.25, 0.3) is 0 Å². The molecule has 4 heteroatoms. The topological polar surface area (TPSA) is 33.7 Å². The third kappa shape index (κ3) is 4.37. The summed E-state index contributed by atoms with van der Waals surface area (Å²) in [6.45, 7) is 10.8. The Labute approximate surface area is 99.3 Å². The van der Waals surface area contributed by atoms with Crippen molar-refractivity contribution in [2.24, 2.45) is 5.92 Å². The van der Waals surface area contributed by atoms with E-state index >= 15 is 0 Å². The normalized spacial score (nSPS) is 25.5. The van der Waals surface area contributed by atoms with Crippen LogP contribution in [0.4, 0.5) is 0 Å². The van der Waals surface area contributed by atoms with Gasteiger partial charge in [0, 0.05) is 31.7 Å².